The van der Waals surface area contributed by atoms with Crippen molar-refractivity contribution in [1.29, 1.82) is 0 Å². The van der Waals surface area contributed by atoms with E-state index in [1.54, 1.807) is 30.3 Å². The van der Waals surface area contributed by atoms with Crippen LogP contribution in [0.1, 0.15) is 12.8 Å². The Morgan fingerprint density at radius 1 is 0.962 bits per heavy atom. The Hall–Kier alpha value is -2.22. The molecule has 2 aromatic carbocycles. The van der Waals surface area contributed by atoms with E-state index in [1.807, 2.05) is 35.2 Å². The van der Waals surface area contributed by atoms with E-state index in [9.17, 15) is 13.2 Å². The minimum absolute atomic E-state index is 0.0560. The SMILES string of the molecule is O=C(CN1CCC(NS(=O)(=O)c2ccccc2)CC1)Nc1ccccc1. The molecular formula is C19H23N3O3S. The summed E-state index contributed by atoms with van der Waals surface area (Å²) in [6.45, 7) is 1.68. The predicted molar refractivity (Wildman–Crippen MR) is 101 cm³/mol. The molecular weight excluding hydrogens is 350 g/mol. The van der Waals surface area contributed by atoms with Crippen LogP contribution in [0.2, 0.25) is 0 Å². The smallest absolute Gasteiger partial charge is 0.240 e. The summed E-state index contributed by atoms with van der Waals surface area (Å²) in [5.74, 6) is -0.0560. The van der Waals surface area contributed by atoms with Crippen LogP contribution >= 0.6 is 0 Å². The highest BCUT2D eigenvalue weighted by Gasteiger charge is 2.25. The second kappa shape index (κ2) is 8.44. The summed E-state index contributed by atoms with van der Waals surface area (Å²) in [5.41, 5.74) is 0.781. The Kier molecular flexibility index (Phi) is 6.03. The van der Waals surface area contributed by atoms with Crippen molar-refractivity contribution in [1.82, 2.24) is 9.62 Å². The summed E-state index contributed by atoms with van der Waals surface area (Å²) in [6.07, 6.45) is 1.37. The van der Waals surface area contributed by atoms with E-state index in [1.165, 1.54) is 0 Å². The molecule has 3 rings (SSSR count). The van der Waals surface area contributed by atoms with Gasteiger partial charge in [-0.25, -0.2) is 13.1 Å². The van der Waals surface area contributed by atoms with Crippen molar-refractivity contribution in [2.75, 3.05) is 25.0 Å². The predicted octanol–water partition coefficient (Wildman–Crippen LogP) is 2.07. The van der Waals surface area contributed by atoms with E-state index in [0.717, 1.165) is 5.69 Å². The maximum absolute atomic E-state index is 12.4. The topological polar surface area (TPSA) is 78.5 Å². The van der Waals surface area contributed by atoms with Crippen molar-refractivity contribution in [3.63, 3.8) is 0 Å². The molecule has 0 saturated carbocycles. The van der Waals surface area contributed by atoms with Crippen molar-refractivity contribution >= 4 is 21.6 Å². The van der Waals surface area contributed by atoms with Crippen molar-refractivity contribution in [2.24, 2.45) is 0 Å². The maximum Gasteiger partial charge on any atom is 0.240 e. The number of para-hydroxylation sites is 1. The minimum atomic E-state index is -3.49. The highest BCUT2D eigenvalue weighted by molar-refractivity contribution is 7.89. The number of amides is 1. The third kappa shape index (κ3) is 5.14. The molecule has 0 aliphatic carbocycles. The molecule has 1 heterocycles. The van der Waals surface area contributed by atoms with Gasteiger partial charge in [0.05, 0.1) is 11.4 Å². The first kappa shape index (κ1) is 18.6. The first-order valence-electron chi connectivity index (χ1n) is 8.67. The fraction of sp³-hybridized carbons (Fsp3) is 0.316. The van der Waals surface area contributed by atoms with Gasteiger partial charge in [-0.05, 0) is 37.1 Å². The number of carbonyl (C=O) groups excluding carboxylic acids is 1. The monoisotopic (exact) mass is 373 g/mol. The number of hydrogen-bond acceptors (Lipinski definition) is 4. The summed E-state index contributed by atoms with van der Waals surface area (Å²) in [5, 5.41) is 2.87. The molecule has 0 spiro atoms. The molecule has 1 aliphatic heterocycles. The highest BCUT2D eigenvalue weighted by atomic mass is 32.2. The Labute approximate surface area is 154 Å². The number of rotatable bonds is 6. The second-order valence-electron chi connectivity index (χ2n) is 6.40. The number of sulfonamides is 1. The molecule has 1 fully saturated rings. The number of nitrogens with one attached hydrogen (secondary N) is 2. The van der Waals surface area contributed by atoms with E-state index in [-0.39, 0.29) is 16.8 Å². The molecule has 6 nitrogen and oxygen atoms in total. The van der Waals surface area contributed by atoms with E-state index in [0.29, 0.717) is 32.5 Å². The molecule has 0 radical (unpaired) electrons. The lowest BCUT2D eigenvalue weighted by atomic mass is 10.1. The molecule has 0 bridgehead atoms. The highest BCUT2D eigenvalue weighted by Crippen LogP contribution is 2.15. The molecule has 26 heavy (non-hydrogen) atoms. The zero-order valence-electron chi connectivity index (χ0n) is 14.5. The van der Waals surface area contributed by atoms with Gasteiger partial charge < -0.3 is 5.32 Å². The van der Waals surface area contributed by atoms with Crippen molar-refractivity contribution < 1.29 is 13.2 Å². The fourth-order valence-electron chi connectivity index (χ4n) is 3.02. The maximum atomic E-state index is 12.4. The third-order valence-corrected chi connectivity index (χ3v) is 5.92. The average Bonchev–Trinajstić information content (AvgIpc) is 2.65. The summed E-state index contributed by atoms with van der Waals surface area (Å²) in [4.78, 5) is 14.4. The van der Waals surface area contributed by atoms with Crippen molar-refractivity contribution in [2.45, 2.75) is 23.8 Å². The first-order valence-corrected chi connectivity index (χ1v) is 10.2. The van der Waals surface area contributed by atoms with Crippen LogP contribution in [0.5, 0.6) is 0 Å². The van der Waals surface area contributed by atoms with Gasteiger partial charge in [-0.2, -0.15) is 0 Å². The van der Waals surface area contributed by atoms with Gasteiger partial charge in [0.1, 0.15) is 0 Å². The number of likely N-dealkylation sites (tertiary alicyclic amines) is 1. The largest absolute Gasteiger partial charge is 0.325 e. The lowest BCUT2D eigenvalue weighted by Gasteiger charge is -2.31. The lowest BCUT2D eigenvalue weighted by Crippen LogP contribution is -2.46. The van der Waals surface area contributed by atoms with Crippen LogP contribution in [0.4, 0.5) is 5.69 Å². The summed E-state index contributed by atoms with van der Waals surface area (Å²) < 4.78 is 27.5. The Balaban J connectivity index is 1.46. The third-order valence-electron chi connectivity index (χ3n) is 4.39. The molecule has 7 heteroatoms. The minimum Gasteiger partial charge on any atom is -0.325 e. The van der Waals surface area contributed by atoms with E-state index >= 15 is 0 Å². The Morgan fingerprint density at radius 3 is 2.15 bits per heavy atom. The number of piperidine rings is 1. The van der Waals surface area contributed by atoms with Crippen LogP contribution in [-0.4, -0.2) is 44.9 Å². The first-order chi connectivity index (χ1) is 12.5. The molecule has 138 valence electrons. The van der Waals surface area contributed by atoms with Gasteiger partial charge in [0.25, 0.3) is 0 Å². The van der Waals surface area contributed by atoms with Gasteiger partial charge in [0, 0.05) is 24.8 Å². The number of benzene rings is 2. The second-order valence-corrected chi connectivity index (χ2v) is 8.11. The zero-order valence-corrected chi connectivity index (χ0v) is 15.3. The number of anilines is 1. The Bertz CT molecular complexity index is 818. The van der Waals surface area contributed by atoms with Gasteiger partial charge >= 0.3 is 0 Å². The summed E-state index contributed by atoms with van der Waals surface area (Å²) in [7, 11) is -3.49. The molecule has 2 N–H and O–H groups in total. The van der Waals surface area contributed by atoms with Crippen LogP contribution in [0, 0.1) is 0 Å². The van der Waals surface area contributed by atoms with Crippen LogP contribution in [0.3, 0.4) is 0 Å². The molecule has 1 amide bonds. The van der Waals surface area contributed by atoms with Gasteiger partial charge in [-0.1, -0.05) is 36.4 Å². The number of carbonyl (C=O) groups is 1. The van der Waals surface area contributed by atoms with E-state index in [2.05, 4.69) is 10.0 Å². The van der Waals surface area contributed by atoms with Crippen molar-refractivity contribution in [3.8, 4) is 0 Å². The van der Waals surface area contributed by atoms with Crippen LogP contribution in [-0.2, 0) is 14.8 Å². The van der Waals surface area contributed by atoms with Crippen LogP contribution < -0.4 is 10.0 Å². The standard InChI is InChI=1S/C19H23N3O3S/c23-19(20-16-7-3-1-4-8-16)15-22-13-11-17(12-14-22)21-26(24,25)18-9-5-2-6-10-18/h1-10,17,21H,11-15H2,(H,20,23). The Morgan fingerprint density at radius 2 is 1.54 bits per heavy atom. The molecule has 2 aromatic rings. The molecule has 0 unspecified atom stereocenters. The summed E-state index contributed by atoms with van der Waals surface area (Å²) in [6, 6.07) is 17.6. The van der Waals surface area contributed by atoms with E-state index < -0.39 is 10.0 Å². The average molecular weight is 373 g/mol. The molecule has 0 aromatic heterocycles. The van der Waals surface area contributed by atoms with Crippen LogP contribution in [0.25, 0.3) is 0 Å². The van der Waals surface area contributed by atoms with Crippen molar-refractivity contribution in [3.05, 3.63) is 60.7 Å². The molecule has 0 atom stereocenters. The normalized spacial score (nSPS) is 16.3. The fourth-order valence-corrected chi connectivity index (χ4v) is 4.35. The zero-order chi connectivity index (χ0) is 18.4. The number of nitrogens with zero attached hydrogens (tertiary/aromatic N) is 1. The van der Waals surface area contributed by atoms with E-state index in [4.69, 9.17) is 0 Å². The number of hydrogen-bond donors (Lipinski definition) is 2. The van der Waals surface area contributed by atoms with Gasteiger partial charge in [-0.15, -0.1) is 0 Å². The van der Waals surface area contributed by atoms with Gasteiger partial charge in [0.15, 0.2) is 0 Å². The molecule has 1 aliphatic rings. The summed E-state index contributed by atoms with van der Waals surface area (Å²) >= 11 is 0. The van der Waals surface area contributed by atoms with Crippen LogP contribution in [0.15, 0.2) is 65.6 Å². The van der Waals surface area contributed by atoms with Gasteiger partial charge in [0.2, 0.25) is 15.9 Å². The van der Waals surface area contributed by atoms with Gasteiger partial charge in [-0.3, -0.25) is 9.69 Å². The molecule has 1 saturated heterocycles. The quantitative estimate of drug-likeness (QED) is 0.813. The lowest BCUT2D eigenvalue weighted by molar-refractivity contribution is -0.117.